The average molecular weight is 254 g/mol. The number of alkyl halides is 3. The van der Waals surface area contributed by atoms with Crippen LogP contribution in [0.4, 0.5) is 13.2 Å². The maximum atomic E-state index is 11.9. The van der Waals surface area contributed by atoms with Gasteiger partial charge in [-0.3, -0.25) is 4.79 Å². The van der Waals surface area contributed by atoms with Crippen LogP contribution in [0, 0.1) is 0 Å². The van der Waals surface area contributed by atoms with Gasteiger partial charge in [0.15, 0.2) is 0 Å². The normalized spacial score (nSPS) is 23.2. The fourth-order valence-electron chi connectivity index (χ4n) is 1.64. The monoisotopic (exact) mass is 254 g/mol. The summed E-state index contributed by atoms with van der Waals surface area (Å²) < 4.78 is 40.9. The SMILES string of the molecule is CC(NC1CCCOC1)C(=O)NCC(F)(F)F. The summed E-state index contributed by atoms with van der Waals surface area (Å²) in [4.78, 5) is 11.3. The molecule has 2 atom stereocenters. The number of ether oxygens (including phenoxy) is 1. The average Bonchev–Trinajstić information content (AvgIpc) is 2.26. The van der Waals surface area contributed by atoms with Crippen molar-refractivity contribution >= 4 is 5.91 Å². The molecule has 0 aromatic heterocycles. The van der Waals surface area contributed by atoms with Gasteiger partial charge in [0.1, 0.15) is 6.54 Å². The predicted octanol–water partition coefficient (Wildman–Crippen LogP) is 0.822. The van der Waals surface area contributed by atoms with Crippen LogP contribution in [-0.2, 0) is 9.53 Å². The van der Waals surface area contributed by atoms with Crippen molar-refractivity contribution < 1.29 is 22.7 Å². The van der Waals surface area contributed by atoms with Crippen LogP contribution in [0.2, 0.25) is 0 Å². The van der Waals surface area contributed by atoms with Crippen LogP contribution >= 0.6 is 0 Å². The van der Waals surface area contributed by atoms with Crippen molar-refractivity contribution in [3.63, 3.8) is 0 Å². The number of hydrogen-bond acceptors (Lipinski definition) is 3. The van der Waals surface area contributed by atoms with Crippen molar-refractivity contribution in [3.05, 3.63) is 0 Å². The minimum atomic E-state index is -4.37. The van der Waals surface area contributed by atoms with Crippen molar-refractivity contribution in [2.75, 3.05) is 19.8 Å². The molecule has 0 saturated carbocycles. The zero-order valence-corrected chi connectivity index (χ0v) is 9.64. The van der Waals surface area contributed by atoms with Gasteiger partial charge >= 0.3 is 6.18 Å². The maximum Gasteiger partial charge on any atom is 0.405 e. The lowest BCUT2D eigenvalue weighted by Crippen LogP contribution is -2.50. The highest BCUT2D eigenvalue weighted by Crippen LogP contribution is 2.12. The van der Waals surface area contributed by atoms with Crippen molar-refractivity contribution in [3.8, 4) is 0 Å². The Morgan fingerprint density at radius 2 is 2.24 bits per heavy atom. The third-order valence-corrected chi connectivity index (χ3v) is 2.50. The molecule has 7 heteroatoms. The Bertz CT molecular complexity index is 252. The van der Waals surface area contributed by atoms with Crippen LogP contribution in [0.1, 0.15) is 19.8 Å². The Labute approximate surface area is 97.9 Å². The topological polar surface area (TPSA) is 50.4 Å². The molecule has 1 aliphatic rings. The van der Waals surface area contributed by atoms with Crippen molar-refractivity contribution in [2.24, 2.45) is 0 Å². The van der Waals surface area contributed by atoms with Crippen LogP contribution in [0.5, 0.6) is 0 Å². The molecule has 17 heavy (non-hydrogen) atoms. The third kappa shape index (κ3) is 5.88. The van der Waals surface area contributed by atoms with Gasteiger partial charge in [-0.15, -0.1) is 0 Å². The van der Waals surface area contributed by atoms with E-state index in [-0.39, 0.29) is 6.04 Å². The molecular weight excluding hydrogens is 237 g/mol. The highest BCUT2D eigenvalue weighted by molar-refractivity contribution is 5.81. The summed E-state index contributed by atoms with van der Waals surface area (Å²) in [6, 6.07) is -0.612. The molecule has 100 valence electrons. The maximum absolute atomic E-state index is 11.9. The molecule has 4 nitrogen and oxygen atoms in total. The first-order chi connectivity index (χ1) is 7.88. The molecule has 1 fully saturated rings. The van der Waals surface area contributed by atoms with Gasteiger partial charge in [-0.05, 0) is 19.8 Å². The summed E-state index contributed by atoms with van der Waals surface area (Å²) in [6.45, 7) is 1.45. The predicted molar refractivity (Wildman–Crippen MR) is 55.5 cm³/mol. The number of nitrogens with one attached hydrogen (secondary N) is 2. The zero-order chi connectivity index (χ0) is 12.9. The summed E-state index contributed by atoms with van der Waals surface area (Å²) in [6.07, 6.45) is -2.60. The molecule has 1 saturated heterocycles. The Hall–Kier alpha value is -0.820. The molecule has 0 radical (unpaired) electrons. The molecule has 0 bridgehead atoms. The number of hydrogen-bond donors (Lipinski definition) is 2. The summed E-state index contributed by atoms with van der Waals surface area (Å²) >= 11 is 0. The summed E-state index contributed by atoms with van der Waals surface area (Å²) in [7, 11) is 0. The second-order valence-electron chi connectivity index (χ2n) is 4.14. The number of halogens is 3. The first kappa shape index (κ1) is 14.2. The van der Waals surface area contributed by atoms with E-state index in [2.05, 4.69) is 5.32 Å². The number of carbonyl (C=O) groups is 1. The van der Waals surface area contributed by atoms with E-state index >= 15 is 0 Å². The van der Waals surface area contributed by atoms with Crippen molar-refractivity contribution in [1.82, 2.24) is 10.6 Å². The molecule has 1 rings (SSSR count). The number of carbonyl (C=O) groups excluding carboxylic acids is 1. The molecule has 0 aromatic rings. The smallest absolute Gasteiger partial charge is 0.380 e. The van der Waals surface area contributed by atoms with E-state index in [1.165, 1.54) is 0 Å². The van der Waals surface area contributed by atoms with Gasteiger partial charge in [0.2, 0.25) is 5.91 Å². The minimum Gasteiger partial charge on any atom is -0.380 e. The molecule has 0 aliphatic carbocycles. The molecular formula is C10H17F3N2O2. The fourth-order valence-corrected chi connectivity index (χ4v) is 1.64. The van der Waals surface area contributed by atoms with Gasteiger partial charge in [-0.2, -0.15) is 13.2 Å². The lowest BCUT2D eigenvalue weighted by molar-refractivity contribution is -0.139. The number of amides is 1. The van der Waals surface area contributed by atoms with E-state index in [0.717, 1.165) is 12.8 Å². The van der Waals surface area contributed by atoms with Crippen LogP contribution in [-0.4, -0.2) is 43.9 Å². The zero-order valence-electron chi connectivity index (χ0n) is 9.64. The molecule has 2 N–H and O–H groups in total. The second kappa shape index (κ2) is 6.20. The number of rotatable bonds is 4. The van der Waals surface area contributed by atoms with E-state index in [1.54, 1.807) is 6.92 Å². The quantitative estimate of drug-likeness (QED) is 0.781. The van der Waals surface area contributed by atoms with Gasteiger partial charge in [-0.1, -0.05) is 0 Å². The van der Waals surface area contributed by atoms with Crippen LogP contribution in [0.15, 0.2) is 0 Å². The van der Waals surface area contributed by atoms with Gasteiger partial charge in [0, 0.05) is 12.6 Å². The van der Waals surface area contributed by atoms with Crippen molar-refractivity contribution in [1.29, 1.82) is 0 Å². The molecule has 0 spiro atoms. The Morgan fingerprint density at radius 3 is 2.76 bits per heavy atom. The van der Waals surface area contributed by atoms with E-state index < -0.39 is 24.7 Å². The third-order valence-electron chi connectivity index (χ3n) is 2.50. The summed E-state index contributed by atoms with van der Waals surface area (Å²) in [5.74, 6) is -0.645. The van der Waals surface area contributed by atoms with E-state index in [0.29, 0.717) is 13.2 Å². The summed E-state index contributed by atoms with van der Waals surface area (Å²) in [5.41, 5.74) is 0. The second-order valence-corrected chi connectivity index (χ2v) is 4.14. The highest BCUT2D eigenvalue weighted by atomic mass is 19.4. The van der Waals surface area contributed by atoms with Crippen LogP contribution < -0.4 is 10.6 Å². The van der Waals surface area contributed by atoms with Crippen LogP contribution in [0.25, 0.3) is 0 Å². The van der Waals surface area contributed by atoms with Crippen LogP contribution in [0.3, 0.4) is 0 Å². The fraction of sp³-hybridized carbons (Fsp3) is 0.900. The Balaban J connectivity index is 2.26. The molecule has 0 aromatic carbocycles. The minimum absolute atomic E-state index is 0.0374. The largest absolute Gasteiger partial charge is 0.405 e. The molecule has 1 heterocycles. The van der Waals surface area contributed by atoms with Gasteiger partial charge in [0.25, 0.3) is 0 Å². The highest BCUT2D eigenvalue weighted by Gasteiger charge is 2.29. The molecule has 1 aliphatic heterocycles. The Morgan fingerprint density at radius 1 is 1.53 bits per heavy atom. The van der Waals surface area contributed by atoms with E-state index in [1.807, 2.05) is 5.32 Å². The Kier molecular flexibility index (Phi) is 5.20. The lowest BCUT2D eigenvalue weighted by atomic mass is 10.1. The van der Waals surface area contributed by atoms with E-state index in [9.17, 15) is 18.0 Å². The van der Waals surface area contributed by atoms with Gasteiger partial charge < -0.3 is 15.4 Å². The first-order valence-electron chi connectivity index (χ1n) is 5.57. The molecule has 2 unspecified atom stereocenters. The lowest BCUT2D eigenvalue weighted by Gasteiger charge is -2.26. The molecule has 1 amide bonds. The van der Waals surface area contributed by atoms with Gasteiger partial charge in [-0.25, -0.2) is 0 Å². The van der Waals surface area contributed by atoms with E-state index in [4.69, 9.17) is 4.74 Å². The standard InChI is InChI=1S/C10H17F3N2O2/c1-7(9(16)14-6-10(11,12)13)15-8-3-2-4-17-5-8/h7-8,15H,2-6H2,1H3,(H,14,16). The van der Waals surface area contributed by atoms with Crippen molar-refractivity contribution in [2.45, 2.75) is 38.0 Å². The first-order valence-corrected chi connectivity index (χ1v) is 5.57. The summed E-state index contributed by atoms with van der Waals surface area (Å²) in [5, 5.41) is 4.80. The van der Waals surface area contributed by atoms with Gasteiger partial charge in [0.05, 0.1) is 12.6 Å².